The van der Waals surface area contributed by atoms with Gasteiger partial charge in [0.1, 0.15) is 6.10 Å². The molecular weight excluding hydrogens is 292 g/mol. The summed E-state index contributed by atoms with van der Waals surface area (Å²) in [6, 6.07) is 7.83. The first-order valence-corrected chi connectivity index (χ1v) is 8.42. The zero-order chi connectivity index (χ0) is 16.2. The van der Waals surface area contributed by atoms with Crippen LogP contribution in [0.3, 0.4) is 0 Å². The Balaban J connectivity index is 1.51. The van der Waals surface area contributed by atoms with Crippen LogP contribution in [0.2, 0.25) is 0 Å². The highest BCUT2D eigenvalue weighted by Crippen LogP contribution is 2.17. The van der Waals surface area contributed by atoms with Crippen molar-refractivity contribution in [3.05, 3.63) is 35.4 Å². The molecule has 5 nitrogen and oxygen atoms in total. The van der Waals surface area contributed by atoms with Crippen LogP contribution in [-0.2, 0) is 9.53 Å². The van der Waals surface area contributed by atoms with E-state index in [4.69, 9.17) is 4.74 Å². The number of aryl methyl sites for hydroxylation is 1. The van der Waals surface area contributed by atoms with E-state index in [0.717, 1.165) is 36.8 Å². The highest BCUT2D eigenvalue weighted by molar-refractivity contribution is 5.95. The van der Waals surface area contributed by atoms with Crippen molar-refractivity contribution >= 4 is 11.8 Å². The fourth-order valence-corrected chi connectivity index (χ4v) is 3.29. The molecule has 1 aromatic rings. The van der Waals surface area contributed by atoms with Gasteiger partial charge in [0.15, 0.2) is 0 Å². The highest BCUT2D eigenvalue weighted by Gasteiger charge is 2.29. The van der Waals surface area contributed by atoms with Crippen molar-refractivity contribution < 1.29 is 14.3 Å². The first-order valence-electron chi connectivity index (χ1n) is 8.42. The minimum atomic E-state index is -0.276. The van der Waals surface area contributed by atoms with E-state index in [2.05, 4.69) is 5.32 Å². The molecule has 2 fully saturated rings. The fourth-order valence-electron chi connectivity index (χ4n) is 3.29. The molecule has 0 aliphatic carbocycles. The van der Waals surface area contributed by atoms with Gasteiger partial charge < -0.3 is 15.0 Å². The predicted molar refractivity (Wildman–Crippen MR) is 87.2 cm³/mol. The lowest BCUT2D eigenvalue weighted by Crippen LogP contribution is -2.48. The van der Waals surface area contributed by atoms with Gasteiger partial charge in [0.2, 0.25) is 5.91 Å². The van der Waals surface area contributed by atoms with Gasteiger partial charge in [-0.05, 0) is 44.2 Å². The summed E-state index contributed by atoms with van der Waals surface area (Å²) >= 11 is 0. The Kier molecular flexibility index (Phi) is 4.96. The number of nitrogens with zero attached hydrogens (tertiary/aromatic N) is 1. The zero-order valence-electron chi connectivity index (χ0n) is 13.6. The van der Waals surface area contributed by atoms with Crippen molar-refractivity contribution in [1.29, 1.82) is 0 Å². The number of amides is 2. The number of carbonyl (C=O) groups excluding carboxylic acids is 2. The second-order valence-corrected chi connectivity index (χ2v) is 6.39. The zero-order valence-corrected chi connectivity index (χ0v) is 13.6. The number of ether oxygens (including phenoxy) is 1. The summed E-state index contributed by atoms with van der Waals surface area (Å²) < 4.78 is 5.41. The summed E-state index contributed by atoms with van der Waals surface area (Å²) in [5, 5.41) is 3.07. The van der Waals surface area contributed by atoms with E-state index in [1.54, 1.807) is 0 Å². The Bertz CT molecular complexity index is 573. The normalized spacial score (nSPS) is 22.1. The second kappa shape index (κ2) is 7.13. The van der Waals surface area contributed by atoms with Crippen molar-refractivity contribution in [3.63, 3.8) is 0 Å². The van der Waals surface area contributed by atoms with Crippen LogP contribution < -0.4 is 5.32 Å². The fraction of sp³-hybridized carbons (Fsp3) is 0.556. The monoisotopic (exact) mass is 316 g/mol. The minimum absolute atomic E-state index is 0.00572. The molecule has 0 saturated carbocycles. The molecule has 2 saturated heterocycles. The van der Waals surface area contributed by atoms with Gasteiger partial charge in [0.25, 0.3) is 5.91 Å². The van der Waals surface area contributed by atoms with Crippen LogP contribution in [0.15, 0.2) is 24.3 Å². The van der Waals surface area contributed by atoms with Gasteiger partial charge in [-0.1, -0.05) is 18.2 Å². The van der Waals surface area contributed by atoms with E-state index < -0.39 is 0 Å². The lowest BCUT2D eigenvalue weighted by Gasteiger charge is -2.33. The average molecular weight is 316 g/mol. The molecule has 124 valence electrons. The third-order valence-electron chi connectivity index (χ3n) is 4.73. The Morgan fingerprint density at radius 1 is 1.17 bits per heavy atom. The Morgan fingerprint density at radius 3 is 2.57 bits per heavy atom. The molecule has 5 heteroatoms. The molecule has 2 aliphatic rings. The molecule has 0 radical (unpaired) electrons. The number of benzene rings is 1. The summed E-state index contributed by atoms with van der Waals surface area (Å²) in [5.41, 5.74) is 1.78. The Labute approximate surface area is 137 Å². The van der Waals surface area contributed by atoms with Gasteiger partial charge in [0, 0.05) is 31.3 Å². The summed E-state index contributed by atoms with van der Waals surface area (Å²) in [4.78, 5) is 26.5. The largest absolute Gasteiger partial charge is 0.368 e. The van der Waals surface area contributed by atoms with E-state index in [0.29, 0.717) is 19.7 Å². The maximum absolute atomic E-state index is 12.6. The van der Waals surface area contributed by atoms with Crippen LogP contribution >= 0.6 is 0 Å². The first kappa shape index (κ1) is 16.0. The molecule has 2 amide bonds. The van der Waals surface area contributed by atoms with Crippen molar-refractivity contribution in [2.45, 2.75) is 44.8 Å². The van der Waals surface area contributed by atoms with Crippen LogP contribution in [0.25, 0.3) is 0 Å². The first-order chi connectivity index (χ1) is 11.1. The predicted octanol–water partition coefficient (Wildman–Crippen LogP) is 1.89. The van der Waals surface area contributed by atoms with Crippen molar-refractivity contribution in [1.82, 2.24) is 10.2 Å². The van der Waals surface area contributed by atoms with Gasteiger partial charge in [-0.25, -0.2) is 0 Å². The molecule has 1 atom stereocenters. The minimum Gasteiger partial charge on any atom is -0.368 e. The summed E-state index contributed by atoms with van der Waals surface area (Å²) in [6.07, 6.45) is 3.10. The van der Waals surface area contributed by atoms with Crippen LogP contribution in [0.1, 0.15) is 41.6 Å². The van der Waals surface area contributed by atoms with E-state index in [9.17, 15) is 9.59 Å². The quantitative estimate of drug-likeness (QED) is 0.926. The lowest BCUT2D eigenvalue weighted by atomic mass is 10.0. The standard InChI is InChI=1S/C18H24N2O3/c1-13-5-2-3-6-15(13)18(22)20-10-8-14(9-11-20)19-17(21)16-7-4-12-23-16/h2-3,5-6,14,16H,4,7-12H2,1H3,(H,19,21). The Hall–Kier alpha value is -1.88. The van der Waals surface area contributed by atoms with Crippen LogP contribution in [0.5, 0.6) is 0 Å². The number of likely N-dealkylation sites (tertiary alicyclic amines) is 1. The van der Waals surface area contributed by atoms with E-state index in [1.807, 2.05) is 36.1 Å². The Morgan fingerprint density at radius 2 is 1.91 bits per heavy atom. The van der Waals surface area contributed by atoms with Crippen LogP contribution in [0, 0.1) is 6.92 Å². The smallest absolute Gasteiger partial charge is 0.254 e. The number of rotatable bonds is 3. The molecule has 0 spiro atoms. The van der Waals surface area contributed by atoms with Gasteiger partial charge in [-0.2, -0.15) is 0 Å². The molecule has 0 bridgehead atoms. The van der Waals surface area contributed by atoms with Gasteiger partial charge in [-0.15, -0.1) is 0 Å². The highest BCUT2D eigenvalue weighted by atomic mass is 16.5. The maximum Gasteiger partial charge on any atom is 0.254 e. The molecule has 2 heterocycles. The molecule has 2 aliphatic heterocycles. The molecule has 3 rings (SSSR count). The van der Waals surface area contributed by atoms with Gasteiger partial charge in [-0.3, -0.25) is 9.59 Å². The van der Waals surface area contributed by atoms with Crippen molar-refractivity contribution in [3.8, 4) is 0 Å². The van der Waals surface area contributed by atoms with Crippen LogP contribution in [0.4, 0.5) is 0 Å². The molecule has 23 heavy (non-hydrogen) atoms. The van der Waals surface area contributed by atoms with Gasteiger partial charge in [0.05, 0.1) is 0 Å². The SMILES string of the molecule is Cc1ccccc1C(=O)N1CCC(NC(=O)C2CCCO2)CC1. The summed E-state index contributed by atoms with van der Waals surface area (Å²) in [7, 11) is 0. The molecule has 1 N–H and O–H groups in total. The van der Waals surface area contributed by atoms with E-state index in [1.165, 1.54) is 0 Å². The number of piperidine rings is 1. The number of nitrogens with one attached hydrogen (secondary N) is 1. The van der Waals surface area contributed by atoms with Crippen molar-refractivity contribution in [2.24, 2.45) is 0 Å². The second-order valence-electron chi connectivity index (χ2n) is 6.39. The third-order valence-corrected chi connectivity index (χ3v) is 4.73. The lowest BCUT2D eigenvalue weighted by molar-refractivity contribution is -0.131. The van der Waals surface area contributed by atoms with E-state index >= 15 is 0 Å². The van der Waals surface area contributed by atoms with Crippen molar-refractivity contribution in [2.75, 3.05) is 19.7 Å². The summed E-state index contributed by atoms with van der Waals surface area (Å²) in [6.45, 7) is 4.01. The topological polar surface area (TPSA) is 58.6 Å². The number of hydrogen-bond acceptors (Lipinski definition) is 3. The molecular formula is C18H24N2O3. The van der Waals surface area contributed by atoms with Crippen LogP contribution in [-0.4, -0.2) is 48.6 Å². The maximum atomic E-state index is 12.6. The summed E-state index contributed by atoms with van der Waals surface area (Å²) in [5.74, 6) is 0.0955. The molecule has 0 aromatic heterocycles. The number of carbonyl (C=O) groups is 2. The number of hydrogen-bond donors (Lipinski definition) is 1. The van der Waals surface area contributed by atoms with E-state index in [-0.39, 0.29) is 24.0 Å². The average Bonchev–Trinajstić information content (AvgIpc) is 3.10. The third kappa shape index (κ3) is 3.72. The molecule has 1 unspecified atom stereocenters. The van der Waals surface area contributed by atoms with Gasteiger partial charge >= 0.3 is 0 Å². The molecule has 1 aromatic carbocycles.